The molecule has 0 aliphatic heterocycles. The first-order valence-corrected chi connectivity index (χ1v) is 8.87. The van der Waals surface area contributed by atoms with E-state index in [9.17, 15) is 4.79 Å². The molecule has 0 fully saturated rings. The number of hydrogen-bond donors (Lipinski definition) is 0. The molecule has 0 saturated heterocycles. The summed E-state index contributed by atoms with van der Waals surface area (Å²) in [5.74, 6) is 1.45. The number of benzene rings is 1. The van der Waals surface area contributed by atoms with Crippen LogP contribution >= 0.6 is 0 Å². The van der Waals surface area contributed by atoms with Crippen LogP contribution in [0.3, 0.4) is 0 Å². The Hall–Kier alpha value is -3.35. The van der Waals surface area contributed by atoms with E-state index in [1.807, 2.05) is 44.2 Å². The highest BCUT2D eigenvalue weighted by Crippen LogP contribution is 2.28. The van der Waals surface area contributed by atoms with E-state index in [0.29, 0.717) is 23.8 Å². The van der Waals surface area contributed by atoms with E-state index in [4.69, 9.17) is 14.0 Å². The summed E-state index contributed by atoms with van der Waals surface area (Å²) in [5.41, 5.74) is 3.17. The van der Waals surface area contributed by atoms with Crippen molar-refractivity contribution in [3.05, 3.63) is 70.9 Å². The van der Waals surface area contributed by atoms with Crippen LogP contribution in [0.5, 0.6) is 11.5 Å². The molecule has 0 aliphatic rings. The van der Waals surface area contributed by atoms with E-state index < -0.39 is 0 Å². The van der Waals surface area contributed by atoms with Crippen LogP contribution in [0, 0.1) is 13.8 Å². The second-order valence-electron chi connectivity index (χ2n) is 6.55. The zero-order chi connectivity index (χ0) is 20.1. The maximum absolute atomic E-state index is 12.6. The maximum atomic E-state index is 12.6. The lowest BCUT2D eigenvalue weighted by Crippen LogP contribution is -2.27. The normalized spacial score (nSPS) is 10.6. The second-order valence-corrected chi connectivity index (χ2v) is 6.55. The first-order valence-electron chi connectivity index (χ1n) is 8.87. The minimum absolute atomic E-state index is 0.142. The Bertz CT molecular complexity index is 968. The summed E-state index contributed by atoms with van der Waals surface area (Å²) in [6.45, 7) is 4.47. The fraction of sp³-hybridized carbons (Fsp3) is 0.286. The summed E-state index contributed by atoms with van der Waals surface area (Å²) in [5, 5.41) is 3.87. The SMILES string of the molecule is COc1cc(C)ccc1OCc1cc(C(=O)N(C)Cc2ncccc2C)no1. The van der Waals surface area contributed by atoms with Gasteiger partial charge in [0.25, 0.3) is 5.91 Å². The largest absolute Gasteiger partial charge is 0.493 e. The van der Waals surface area contributed by atoms with Crippen molar-refractivity contribution < 1.29 is 18.8 Å². The Kier molecular flexibility index (Phi) is 5.93. The van der Waals surface area contributed by atoms with E-state index in [1.165, 1.54) is 0 Å². The van der Waals surface area contributed by atoms with Gasteiger partial charge in [0.1, 0.15) is 6.61 Å². The molecular weight excluding hydrogens is 358 g/mol. The quantitative estimate of drug-likeness (QED) is 0.623. The third kappa shape index (κ3) is 4.49. The highest BCUT2D eigenvalue weighted by Gasteiger charge is 2.18. The minimum atomic E-state index is -0.243. The molecular formula is C21H23N3O4. The minimum Gasteiger partial charge on any atom is -0.493 e. The van der Waals surface area contributed by atoms with Crippen molar-refractivity contribution in [3.63, 3.8) is 0 Å². The number of rotatable bonds is 7. The van der Waals surface area contributed by atoms with Crippen LogP contribution < -0.4 is 9.47 Å². The van der Waals surface area contributed by atoms with E-state index in [0.717, 1.165) is 16.8 Å². The fourth-order valence-corrected chi connectivity index (χ4v) is 2.70. The van der Waals surface area contributed by atoms with Gasteiger partial charge < -0.3 is 18.9 Å². The second kappa shape index (κ2) is 8.56. The van der Waals surface area contributed by atoms with Gasteiger partial charge in [-0.15, -0.1) is 0 Å². The molecule has 0 unspecified atom stereocenters. The molecule has 146 valence electrons. The van der Waals surface area contributed by atoms with E-state index >= 15 is 0 Å². The molecule has 0 radical (unpaired) electrons. The van der Waals surface area contributed by atoms with Crippen LogP contribution in [0.2, 0.25) is 0 Å². The lowest BCUT2D eigenvalue weighted by Gasteiger charge is -2.16. The number of amides is 1. The number of aromatic nitrogens is 2. The number of pyridine rings is 1. The first-order chi connectivity index (χ1) is 13.5. The van der Waals surface area contributed by atoms with E-state index in [2.05, 4.69) is 10.1 Å². The predicted molar refractivity (Wildman–Crippen MR) is 103 cm³/mol. The van der Waals surface area contributed by atoms with Crippen LogP contribution in [0.1, 0.15) is 33.1 Å². The Labute approximate surface area is 163 Å². The monoisotopic (exact) mass is 381 g/mol. The van der Waals surface area contributed by atoms with Crippen molar-refractivity contribution in [3.8, 4) is 11.5 Å². The molecule has 0 atom stereocenters. The summed E-state index contributed by atoms with van der Waals surface area (Å²) in [7, 11) is 3.30. The molecule has 1 amide bonds. The highest BCUT2D eigenvalue weighted by molar-refractivity contribution is 5.92. The standard InChI is InChI=1S/C21H23N3O4/c1-14-7-8-19(20(10-14)26-4)27-13-16-11-17(23-28-16)21(25)24(3)12-18-15(2)6-5-9-22-18/h5-11H,12-13H2,1-4H3. The van der Waals surface area contributed by atoms with Crippen LogP contribution in [0.4, 0.5) is 0 Å². The van der Waals surface area contributed by atoms with Crippen LogP contribution in [-0.2, 0) is 13.2 Å². The van der Waals surface area contributed by atoms with Crippen molar-refractivity contribution in [2.45, 2.75) is 27.0 Å². The molecule has 2 aromatic heterocycles. The number of methoxy groups -OCH3 is 1. The molecule has 0 bridgehead atoms. The third-order valence-corrected chi connectivity index (χ3v) is 4.32. The van der Waals surface area contributed by atoms with Crippen molar-refractivity contribution in [1.29, 1.82) is 0 Å². The Morgan fingerprint density at radius 3 is 2.75 bits per heavy atom. The summed E-state index contributed by atoms with van der Waals surface area (Å²) in [4.78, 5) is 18.5. The maximum Gasteiger partial charge on any atom is 0.276 e. The van der Waals surface area contributed by atoms with Gasteiger partial charge in [0, 0.05) is 19.3 Å². The van der Waals surface area contributed by atoms with Crippen LogP contribution in [0.25, 0.3) is 0 Å². The zero-order valence-electron chi connectivity index (χ0n) is 16.4. The number of carbonyl (C=O) groups is 1. The Morgan fingerprint density at radius 1 is 1.18 bits per heavy atom. The van der Waals surface area contributed by atoms with Crippen molar-refractivity contribution >= 4 is 5.91 Å². The van der Waals surface area contributed by atoms with E-state index in [1.54, 1.807) is 31.3 Å². The van der Waals surface area contributed by atoms with Crippen molar-refractivity contribution in [1.82, 2.24) is 15.0 Å². The van der Waals surface area contributed by atoms with Gasteiger partial charge in [-0.3, -0.25) is 9.78 Å². The summed E-state index contributed by atoms with van der Waals surface area (Å²) in [6, 6.07) is 11.1. The molecule has 0 N–H and O–H groups in total. The number of carbonyl (C=O) groups excluding carboxylic acids is 1. The number of nitrogens with zero attached hydrogens (tertiary/aromatic N) is 3. The molecule has 3 rings (SSSR count). The molecule has 2 heterocycles. The smallest absolute Gasteiger partial charge is 0.276 e. The van der Waals surface area contributed by atoms with E-state index in [-0.39, 0.29) is 18.2 Å². The summed E-state index contributed by atoms with van der Waals surface area (Å²) >= 11 is 0. The van der Waals surface area contributed by atoms with Gasteiger partial charge in [0.2, 0.25) is 0 Å². The Morgan fingerprint density at radius 2 is 2.00 bits per heavy atom. The summed E-state index contributed by atoms with van der Waals surface area (Å²) in [6.07, 6.45) is 1.71. The number of hydrogen-bond acceptors (Lipinski definition) is 6. The van der Waals surface area contributed by atoms with Gasteiger partial charge in [-0.05, 0) is 43.2 Å². The molecule has 0 saturated carbocycles. The van der Waals surface area contributed by atoms with Crippen LogP contribution in [-0.4, -0.2) is 35.1 Å². The van der Waals surface area contributed by atoms with Crippen molar-refractivity contribution in [2.24, 2.45) is 0 Å². The molecule has 0 spiro atoms. The van der Waals surface area contributed by atoms with Gasteiger partial charge in [0.15, 0.2) is 23.0 Å². The summed E-state index contributed by atoms with van der Waals surface area (Å²) < 4.78 is 16.3. The van der Waals surface area contributed by atoms with Gasteiger partial charge in [0.05, 0.1) is 19.3 Å². The van der Waals surface area contributed by atoms with Gasteiger partial charge in [-0.1, -0.05) is 17.3 Å². The van der Waals surface area contributed by atoms with Gasteiger partial charge in [-0.25, -0.2) is 0 Å². The fourth-order valence-electron chi connectivity index (χ4n) is 2.70. The lowest BCUT2D eigenvalue weighted by atomic mass is 10.2. The first kappa shape index (κ1) is 19.4. The molecule has 28 heavy (non-hydrogen) atoms. The topological polar surface area (TPSA) is 77.7 Å². The molecule has 7 heteroatoms. The number of ether oxygens (including phenoxy) is 2. The molecule has 0 aliphatic carbocycles. The Balaban J connectivity index is 1.63. The van der Waals surface area contributed by atoms with Crippen LogP contribution in [0.15, 0.2) is 47.1 Å². The average Bonchev–Trinajstić information content (AvgIpc) is 3.17. The average molecular weight is 381 g/mol. The highest BCUT2D eigenvalue weighted by atomic mass is 16.5. The lowest BCUT2D eigenvalue weighted by molar-refractivity contribution is 0.0772. The number of aryl methyl sites for hydroxylation is 2. The van der Waals surface area contributed by atoms with Crippen molar-refractivity contribution in [2.75, 3.05) is 14.2 Å². The zero-order valence-corrected chi connectivity index (χ0v) is 16.4. The third-order valence-electron chi connectivity index (χ3n) is 4.32. The molecule has 3 aromatic rings. The van der Waals surface area contributed by atoms with Gasteiger partial charge >= 0.3 is 0 Å². The molecule has 7 nitrogen and oxygen atoms in total. The predicted octanol–water partition coefficient (Wildman–Crippen LogP) is 3.55. The molecule has 1 aromatic carbocycles. The van der Waals surface area contributed by atoms with Gasteiger partial charge in [-0.2, -0.15) is 0 Å².